The quantitative estimate of drug-likeness (QED) is 0.105. The van der Waals surface area contributed by atoms with Gasteiger partial charge in [0.15, 0.2) is 0 Å². The first-order valence-corrected chi connectivity index (χ1v) is 19.4. The number of nitrogens with one attached hydrogen (secondary N) is 2. The van der Waals surface area contributed by atoms with Gasteiger partial charge < -0.3 is 36.5 Å². The molecule has 2 atom stereocenters. The van der Waals surface area contributed by atoms with Gasteiger partial charge in [-0.05, 0) is 41.5 Å². The number of carbonyl (C=O) groups excluding carboxylic acids is 4. The van der Waals surface area contributed by atoms with Gasteiger partial charge in [-0.25, -0.2) is 14.4 Å². The van der Waals surface area contributed by atoms with E-state index >= 15 is 0 Å². The first-order valence-electron chi connectivity index (χ1n) is 8.86. The number of rotatable bonds is 5. The second-order valence-corrected chi connectivity index (χ2v) is 8.48. The molecule has 0 rings (SSSR count). The average Bonchev–Trinajstić information content (AvgIpc) is 2.63. The Kier molecular flexibility index (Phi) is 28.5. The Hall–Kier alpha value is -0.437. The first kappa shape index (κ1) is 42.7. The fraction of sp³-hybridized carbons (Fsp3) is 0.750. The third-order valence-electron chi connectivity index (χ3n) is 2.51. The summed E-state index contributed by atoms with van der Waals surface area (Å²) in [4.78, 5) is 44.4. The maximum atomic E-state index is 11.3. The molecular formula is C20H40I2N2O8Zn. The number of amides is 2. The van der Waals surface area contributed by atoms with Crippen molar-refractivity contribution < 1.29 is 52.9 Å². The van der Waals surface area contributed by atoms with Crippen molar-refractivity contribution in [1.29, 1.82) is 0 Å². The predicted octanol–water partition coefficient (Wildman–Crippen LogP) is 4.53. The van der Waals surface area contributed by atoms with Crippen LogP contribution in [0.2, 0.25) is 0 Å². The molecule has 0 unspecified atom stereocenters. The summed E-state index contributed by atoms with van der Waals surface area (Å²) in [6.07, 6.45) is -1.31. The number of ether oxygens (including phenoxy) is 4. The molecule has 0 aromatic carbocycles. The molecule has 10 nitrogen and oxygen atoms in total. The standard InChI is InChI=1S/C9H16INO4.C9H16NO4.2CH4.HI.Zn/c1-9(2,3)15-8(13)11-6(5-10)7(12)14-4;1-6(7(11)13-5)10-8(12)14-9(2,3)4;;;;/h6H,5H2,1-4H3,(H,11,13);6H,1H2,2-5H3,(H,10,12);2*1H4;1H;/q;-1;;;;+2/p-1/t2*6-;;;;/m00..../s1. The van der Waals surface area contributed by atoms with Gasteiger partial charge in [-0.1, -0.05) is 37.4 Å². The molecule has 2 amide bonds. The number of alkyl halides is 1. The van der Waals surface area contributed by atoms with Gasteiger partial charge in [-0.15, -0.1) is 0 Å². The molecule has 0 bridgehead atoms. The van der Waals surface area contributed by atoms with Crippen LogP contribution in [-0.4, -0.2) is 66.1 Å². The van der Waals surface area contributed by atoms with Crippen LogP contribution in [0.25, 0.3) is 0 Å². The summed E-state index contributed by atoms with van der Waals surface area (Å²) in [6, 6.07) is -1.61. The average molecular weight is 756 g/mol. The van der Waals surface area contributed by atoms with Crippen molar-refractivity contribution in [1.82, 2.24) is 10.6 Å². The van der Waals surface area contributed by atoms with Gasteiger partial charge >= 0.3 is 52.7 Å². The number of methoxy groups -OCH3 is 2. The molecule has 13 heteroatoms. The zero-order chi connectivity index (χ0) is 25.4. The molecule has 0 fully saturated rings. The van der Waals surface area contributed by atoms with Crippen molar-refractivity contribution in [2.24, 2.45) is 0 Å². The Labute approximate surface area is 233 Å². The van der Waals surface area contributed by atoms with Crippen LogP contribution in [0, 0.1) is 6.92 Å². The van der Waals surface area contributed by atoms with Crippen LogP contribution >= 0.6 is 42.3 Å². The monoisotopic (exact) mass is 754 g/mol. The van der Waals surface area contributed by atoms with Crippen LogP contribution in [0.15, 0.2) is 0 Å². The van der Waals surface area contributed by atoms with Crippen molar-refractivity contribution >= 4 is 66.5 Å². The summed E-state index contributed by atoms with van der Waals surface area (Å²) in [5, 5.41) is 4.67. The van der Waals surface area contributed by atoms with Gasteiger partial charge in [0.2, 0.25) is 0 Å². The predicted molar refractivity (Wildman–Crippen MR) is 142 cm³/mol. The molecule has 0 aromatic rings. The zero-order valence-corrected chi connectivity index (χ0v) is 26.6. The van der Waals surface area contributed by atoms with Crippen LogP contribution in [0.4, 0.5) is 9.59 Å². The molecule has 0 heterocycles. The number of hydrogen-bond acceptors (Lipinski definition) is 8. The molecule has 0 radical (unpaired) electrons. The van der Waals surface area contributed by atoms with E-state index in [0.717, 1.165) is 0 Å². The van der Waals surface area contributed by atoms with Crippen LogP contribution < -0.4 is 10.6 Å². The van der Waals surface area contributed by atoms with E-state index in [1.807, 2.05) is 22.6 Å². The van der Waals surface area contributed by atoms with Crippen molar-refractivity contribution in [3.05, 3.63) is 6.92 Å². The Morgan fingerprint density at radius 1 is 0.818 bits per heavy atom. The van der Waals surface area contributed by atoms with E-state index in [2.05, 4.69) is 46.8 Å². The van der Waals surface area contributed by atoms with E-state index < -0.39 is 47.4 Å². The third-order valence-corrected chi connectivity index (χ3v) is 3.39. The van der Waals surface area contributed by atoms with Gasteiger partial charge in [0.25, 0.3) is 5.97 Å². The first-order chi connectivity index (χ1) is 14.1. The molecule has 0 saturated heterocycles. The van der Waals surface area contributed by atoms with Crippen molar-refractivity contribution in [3.8, 4) is 0 Å². The molecule has 0 aliphatic heterocycles. The fourth-order valence-electron chi connectivity index (χ4n) is 1.40. The molecule has 0 saturated carbocycles. The minimum atomic E-state index is -0.949. The van der Waals surface area contributed by atoms with Gasteiger partial charge in [0.1, 0.15) is 17.2 Å². The third kappa shape index (κ3) is 27.7. The second-order valence-electron chi connectivity index (χ2n) is 7.60. The summed E-state index contributed by atoms with van der Waals surface area (Å²) in [5.41, 5.74) is -1.17. The van der Waals surface area contributed by atoms with E-state index in [1.165, 1.54) is 29.0 Å². The molecule has 2 N–H and O–H groups in total. The number of hydrogen-bond donors (Lipinski definition) is 2. The maximum absolute atomic E-state index is 11.3. The van der Waals surface area contributed by atoms with Crippen LogP contribution in [-0.2, 0) is 43.3 Å². The van der Waals surface area contributed by atoms with E-state index in [9.17, 15) is 19.2 Å². The normalized spacial score (nSPS) is 11.5. The summed E-state index contributed by atoms with van der Waals surface area (Å²) in [5.74, 6) is -1.09. The summed E-state index contributed by atoms with van der Waals surface area (Å²) in [6.45, 7) is 13.8. The van der Waals surface area contributed by atoms with E-state index in [4.69, 9.17) is 9.47 Å². The number of alkyl carbamates (subject to hydrolysis) is 2. The fourth-order valence-corrected chi connectivity index (χ4v) is 1.98. The van der Waals surface area contributed by atoms with Crippen molar-refractivity contribution in [3.63, 3.8) is 0 Å². The molecule has 0 aliphatic carbocycles. The molecule has 194 valence electrons. The summed E-state index contributed by atoms with van der Waals surface area (Å²) >= 11 is 5.61. The molecule has 0 aromatic heterocycles. The van der Waals surface area contributed by atoms with E-state index in [-0.39, 0.29) is 14.9 Å². The van der Waals surface area contributed by atoms with Crippen molar-refractivity contribution in [2.75, 3.05) is 18.6 Å². The molecule has 0 spiro atoms. The van der Waals surface area contributed by atoms with E-state index in [0.29, 0.717) is 4.43 Å². The van der Waals surface area contributed by atoms with Gasteiger partial charge in [-0.3, -0.25) is 4.79 Å². The zero-order valence-electron chi connectivity index (χ0n) is 19.3. The van der Waals surface area contributed by atoms with Gasteiger partial charge in [-0.2, -0.15) is 0 Å². The summed E-state index contributed by atoms with van der Waals surface area (Å²) in [7, 11) is 2.50. The van der Waals surface area contributed by atoms with Crippen LogP contribution in [0.5, 0.6) is 0 Å². The molecular weight excluding hydrogens is 715 g/mol. The Balaban J connectivity index is -0.000000139. The SMILES string of the molecule is C.C.COC(=O)[C@H](CI)NC(=O)OC(C)(C)C.[CH2-][C@H](NC(=O)OC(C)(C)C)C(=O)OC.[Zn+][I]. The molecule has 33 heavy (non-hydrogen) atoms. The van der Waals surface area contributed by atoms with E-state index in [1.54, 1.807) is 41.5 Å². The Morgan fingerprint density at radius 3 is 1.42 bits per heavy atom. The Bertz CT molecular complexity index is 567. The Morgan fingerprint density at radius 2 is 1.15 bits per heavy atom. The number of halogens is 2. The minimum absolute atomic E-state index is 0. The van der Waals surface area contributed by atoms with Crippen LogP contribution in [0.3, 0.4) is 0 Å². The molecule has 0 aliphatic rings. The number of esters is 2. The van der Waals surface area contributed by atoms with Gasteiger partial charge in [0, 0.05) is 10.5 Å². The number of carbonyl (C=O) groups is 4. The van der Waals surface area contributed by atoms with Gasteiger partial charge in [0.05, 0.1) is 14.2 Å². The second kappa shape index (κ2) is 22.1. The van der Waals surface area contributed by atoms with Crippen molar-refractivity contribution in [2.45, 2.75) is 79.7 Å². The van der Waals surface area contributed by atoms with Crippen LogP contribution in [0.1, 0.15) is 56.4 Å². The summed E-state index contributed by atoms with van der Waals surface area (Å²) < 4.78 is 19.2. The topological polar surface area (TPSA) is 129 Å².